The molecule has 0 aliphatic carbocycles. The molecule has 19 heavy (non-hydrogen) atoms. The smallest absolute Gasteiger partial charge is 0.0481 e. The quantitative estimate of drug-likeness (QED) is 0.838. The molecule has 0 bridgehead atoms. The van der Waals surface area contributed by atoms with E-state index in [4.69, 9.17) is 5.11 Å². The van der Waals surface area contributed by atoms with Gasteiger partial charge in [-0.15, -0.1) is 0 Å². The lowest BCUT2D eigenvalue weighted by Gasteiger charge is -2.23. The number of nitrogens with zero attached hydrogens (tertiary/aromatic N) is 1. The number of hydrogen-bond acceptors (Lipinski definition) is 2. The lowest BCUT2D eigenvalue weighted by molar-refractivity contribution is 0.207. The monoisotopic (exact) mass is 260 g/mol. The maximum Gasteiger partial charge on any atom is 0.0481 e. The fourth-order valence-corrected chi connectivity index (χ4v) is 2.49. The summed E-state index contributed by atoms with van der Waals surface area (Å²) in [4.78, 5) is 0. The van der Waals surface area contributed by atoms with Crippen LogP contribution in [0, 0.1) is 5.41 Å². The summed E-state index contributed by atoms with van der Waals surface area (Å²) in [6.45, 7) is 6.40. The number of benzene rings is 1. The number of aliphatic hydroxyl groups is 1. The van der Waals surface area contributed by atoms with E-state index in [9.17, 15) is 0 Å². The first-order valence-electron chi connectivity index (χ1n) is 6.88. The number of aryl methyl sites for hydroxylation is 1. The molecule has 1 heterocycles. The van der Waals surface area contributed by atoms with Crippen LogP contribution in [0.15, 0.2) is 30.5 Å². The van der Waals surface area contributed by atoms with E-state index in [-0.39, 0.29) is 12.0 Å². The van der Waals surface area contributed by atoms with Crippen LogP contribution in [0.5, 0.6) is 0 Å². The molecule has 0 amide bonds. The molecule has 104 valence electrons. The van der Waals surface area contributed by atoms with Crippen molar-refractivity contribution in [2.45, 2.75) is 26.8 Å². The summed E-state index contributed by atoms with van der Waals surface area (Å²) in [6, 6.07) is 8.48. The van der Waals surface area contributed by atoms with Crippen molar-refractivity contribution in [2.75, 3.05) is 13.2 Å². The first kappa shape index (κ1) is 14.1. The average Bonchev–Trinajstić information content (AvgIpc) is 2.67. The molecule has 2 aromatic rings. The third kappa shape index (κ3) is 3.37. The number of para-hydroxylation sites is 1. The number of fused-ring (bicyclic) bond motifs is 1. The largest absolute Gasteiger partial charge is 0.396 e. The van der Waals surface area contributed by atoms with E-state index in [1.54, 1.807) is 0 Å². The molecule has 0 aliphatic heterocycles. The Bertz CT molecular complexity index is 543. The van der Waals surface area contributed by atoms with Crippen LogP contribution < -0.4 is 5.32 Å². The van der Waals surface area contributed by atoms with Gasteiger partial charge in [-0.3, -0.25) is 0 Å². The van der Waals surface area contributed by atoms with Crippen LogP contribution in [0.1, 0.15) is 25.8 Å². The third-order valence-electron chi connectivity index (χ3n) is 3.69. The highest BCUT2D eigenvalue weighted by molar-refractivity contribution is 5.83. The fourth-order valence-electron chi connectivity index (χ4n) is 2.49. The molecule has 2 N–H and O–H groups in total. The highest BCUT2D eigenvalue weighted by Crippen LogP contribution is 2.21. The standard InChI is InChI=1S/C16H24N2O/c1-16(2,8-9-19)12-17-10-13-11-18(3)15-7-5-4-6-14(13)15/h4-7,11,17,19H,8-10,12H2,1-3H3. The molecule has 2 rings (SSSR count). The van der Waals surface area contributed by atoms with E-state index in [1.165, 1.54) is 16.5 Å². The molecule has 0 fully saturated rings. The van der Waals surface area contributed by atoms with E-state index < -0.39 is 0 Å². The fraction of sp³-hybridized carbons (Fsp3) is 0.500. The Morgan fingerprint density at radius 3 is 2.74 bits per heavy atom. The van der Waals surface area contributed by atoms with Crippen LogP contribution in [-0.2, 0) is 13.6 Å². The average molecular weight is 260 g/mol. The predicted octanol–water partition coefficient (Wildman–Crippen LogP) is 2.68. The van der Waals surface area contributed by atoms with Gasteiger partial charge in [0.15, 0.2) is 0 Å². The number of aliphatic hydroxyl groups excluding tert-OH is 1. The van der Waals surface area contributed by atoms with Gasteiger partial charge in [-0.05, 0) is 23.5 Å². The Labute approximate surface area is 115 Å². The minimum Gasteiger partial charge on any atom is -0.396 e. The highest BCUT2D eigenvalue weighted by Gasteiger charge is 2.16. The van der Waals surface area contributed by atoms with Crippen LogP contribution in [0.25, 0.3) is 10.9 Å². The van der Waals surface area contributed by atoms with Crippen molar-refractivity contribution in [2.24, 2.45) is 12.5 Å². The second kappa shape index (κ2) is 5.76. The Hall–Kier alpha value is -1.32. The molecule has 0 aliphatic rings. The van der Waals surface area contributed by atoms with Crippen LogP contribution in [0.2, 0.25) is 0 Å². The summed E-state index contributed by atoms with van der Waals surface area (Å²) in [5.74, 6) is 0. The second-order valence-corrected chi connectivity index (χ2v) is 6.02. The lowest BCUT2D eigenvalue weighted by Crippen LogP contribution is -2.29. The van der Waals surface area contributed by atoms with Gasteiger partial charge in [0, 0.05) is 43.8 Å². The third-order valence-corrected chi connectivity index (χ3v) is 3.69. The zero-order chi connectivity index (χ0) is 13.9. The SMILES string of the molecule is Cn1cc(CNCC(C)(C)CCO)c2ccccc21. The van der Waals surface area contributed by atoms with Gasteiger partial charge in [-0.1, -0.05) is 32.0 Å². The van der Waals surface area contributed by atoms with E-state index in [0.29, 0.717) is 0 Å². The van der Waals surface area contributed by atoms with Gasteiger partial charge in [0.2, 0.25) is 0 Å². The molecule has 3 nitrogen and oxygen atoms in total. The zero-order valence-corrected chi connectivity index (χ0v) is 12.1. The summed E-state index contributed by atoms with van der Waals surface area (Å²) in [7, 11) is 2.08. The maximum atomic E-state index is 9.03. The summed E-state index contributed by atoms with van der Waals surface area (Å²) < 4.78 is 2.17. The maximum absolute atomic E-state index is 9.03. The predicted molar refractivity (Wildman–Crippen MR) is 80.1 cm³/mol. The minimum absolute atomic E-state index is 0.138. The number of aromatic nitrogens is 1. The van der Waals surface area contributed by atoms with Crippen LogP contribution in [-0.4, -0.2) is 22.8 Å². The lowest BCUT2D eigenvalue weighted by atomic mass is 9.90. The second-order valence-electron chi connectivity index (χ2n) is 6.02. The summed E-state index contributed by atoms with van der Waals surface area (Å²) >= 11 is 0. The Morgan fingerprint density at radius 2 is 2.00 bits per heavy atom. The molecule has 0 atom stereocenters. The Kier molecular flexibility index (Phi) is 4.27. The number of rotatable bonds is 6. The molecule has 3 heteroatoms. The van der Waals surface area contributed by atoms with Crippen molar-refractivity contribution < 1.29 is 5.11 Å². The molecule has 0 saturated carbocycles. The molecule has 0 spiro atoms. The topological polar surface area (TPSA) is 37.2 Å². The van der Waals surface area contributed by atoms with Crippen molar-refractivity contribution >= 4 is 10.9 Å². The molecule has 0 unspecified atom stereocenters. The normalized spacial score (nSPS) is 12.2. The van der Waals surface area contributed by atoms with Gasteiger partial charge < -0.3 is 15.0 Å². The van der Waals surface area contributed by atoms with Gasteiger partial charge in [-0.25, -0.2) is 0 Å². The van der Waals surface area contributed by atoms with Crippen molar-refractivity contribution in [3.05, 3.63) is 36.0 Å². The van der Waals surface area contributed by atoms with E-state index in [2.05, 4.69) is 61.2 Å². The number of nitrogens with one attached hydrogen (secondary N) is 1. The van der Waals surface area contributed by atoms with E-state index in [0.717, 1.165) is 19.5 Å². The molecular weight excluding hydrogens is 236 g/mol. The van der Waals surface area contributed by atoms with Crippen LogP contribution in [0.4, 0.5) is 0 Å². The molecule has 1 aromatic carbocycles. The van der Waals surface area contributed by atoms with Crippen molar-refractivity contribution in [1.82, 2.24) is 9.88 Å². The summed E-state index contributed by atoms with van der Waals surface area (Å²) in [6.07, 6.45) is 3.02. The van der Waals surface area contributed by atoms with Gasteiger partial charge >= 0.3 is 0 Å². The highest BCUT2D eigenvalue weighted by atomic mass is 16.3. The van der Waals surface area contributed by atoms with Crippen molar-refractivity contribution in [1.29, 1.82) is 0 Å². The van der Waals surface area contributed by atoms with E-state index >= 15 is 0 Å². The Morgan fingerprint density at radius 1 is 1.26 bits per heavy atom. The van der Waals surface area contributed by atoms with E-state index in [1.807, 2.05) is 0 Å². The molecule has 1 aromatic heterocycles. The first-order chi connectivity index (χ1) is 9.03. The number of hydrogen-bond donors (Lipinski definition) is 2. The summed E-state index contributed by atoms with van der Waals surface area (Å²) in [5.41, 5.74) is 2.74. The summed E-state index contributed by atoms with van der Waals surface area (Å²) in [5, 5.41) is 13.9. The van der Waals surface area contributed by atoms with Crippen LogP contribution >= 0.6 is 0 Å². The minimum atomic E-state index is 0.138. The first-order valence-corrected chi connectivity index (χ1v) is 6.88. The van der Waals surface area contributed by atoms with Gasteiger partial charge in [0.05, 0.1) is 0 Å². The van der Waals surface area contributed by atoms with Gasteiger partial charge in [-0.2, -0.15) is 0 Å². The molecule has 0 radical (unpaired) electrons. The van der Waals surface area contributed by atoms with Gasteiger partial charge in [0.1, 0.15) is 0 Å². The van der Waals surface area contributed by atoms with Crippen molar-refractivity contribution in [3.8, 4) is 0 Å². The molecular formula is C16H24N2O. The van der Waals surface area contributed by atoms with Crippen molar-refractivity contribution in [3.63, 3.8) is 0 Å². The van der Waals surface area contributed by atoms with Gasteiger partial charge in [0.25, 0.3) is 0 Å². The molecule has 0 saturated heterocycles. The zero-order valence-electron chi connectivity index (χ0n) is 12.1. The Balaban J connectivity index is 2.03. The van der Waals surface area contributed by atoms with Crippen LogP contribution in [0.3, 0.4) is 0 Å².